The normalized spacial score (nSPS) is 17.1. The van der Waals surface area contributed by atoms with Gasteiger partial charge in [0.15, 0.2) is 0 Å². The molecule has 1 amide bonds. The highest BCUT2D eigenvalue weighted by atomic mass is 35.5. The standard InChI is InChI=1S/C22H24ClN3O/c1-14(2)21-18-12-17(19(23)13-20(18)24-22(21)27)15-4-6-16(7-5-15)26-10-8-25(3)9-11-26/h4-7,12-13H,8-11H2,1-3H3,(H,24,27). The second kappa shape index (κ2) is 7.02. The molecule has 0 bridgehead atoms. The van der Waals surface area contributed by atoms with Gasteiger partial charge in [-0.3, -0.25) is 4.79 Å². The summed E-state index contributed by atoms with van der Waals surface area (Å²) in [7, 11) is 2.16. The van der Waals surface area contributed by atoms with E-state index < -0.39 is 0 Å². The third-order valence-electron chi connectivity index (χ3n) is 5.40. The molecular weight excluding hydrogens is 358 g/mol. The highest BCUT2D eigenvalue weighted by Crippen LogP contribution is 2.41. The number of fused-ring (bicyclic) bond motifs is 1. The van der Waals surface area contributed by atoms with Crippen LogP contribution >= 0.6 is 11.6 Å². The highest BCUT2D eigenvalue weighted by molar-refractivity contribution is 6.36. The van der Waals surface area contributed by atoms with Gasteiger partial charge in [0.1, 0.15) is 0 Å². The number of anilines is 2. The summed E-state index contributed by atoms with van der Waals surface area (Å²) in [4.78, 5) is 17.0. The van der Waals surface area contributed by atoms with Crippen LogP contribution in [-0.2, 0) is 4.79 Å². The molecule has 4 rings (SSSR count). The minimum atomic E-state index is -0.0522. The number of hydrogen-bond donors (Lipinski definition) is 1. The summed E-state index contributed by atoms with van der Waals surface area (Å²) < 4.78 is 0. The molecule has 27 heavy (non-hydrogen) atoms. The van der Waals surface area contributed by atoms with E-state index >= 15 is 0 Å². The lowest BCUT2D eigenvalue weighted by molar-refractivity contribution is -0.110. The second-order valence-corrected chi connectivity index (χ2v) is 7.95. The van der Waals surface area contributed by atoms with Gasteiger partial charge in [-0.05, 0) is 50.7 Å². The maximum Gasteiger partial charge on any atom is 0.256 e. The van der Waals surface area contributed by atoms with Crippen molar-refractivity contribution < 1.29 is 4.79 Å². The van der Waals surface area contributed by atoms with Crippen molar-refractivity contribution in [3.8, 4) is 11.1 Å². The molecule has 2 heterocycles. The van der Waals surface area contributed by atoms with Gasteiger partial charge < -0.3 is 15.1 Å². The number of nitrogens with one attached hydrogen (secondary N) is 1. The van der Waals surface area contributed by atoms with Crippen LogP contribution in [0.1, 0.15) is 19.4 Å². The molecule has 4 nitrogen and oxygen atoms in total. The Hall–Kier alpha value is -2.30. The van der Waals surface area contributed by atoms with Gasteiger partial charge in [-0.25, -0.2) is 0 Å². The Balaban J connectivity index is 1.67. The van der Waals surface area contributed by atoms with Crippen LogP contribution in [0.2, 0.25) is 5.02 Å². The molecule has 0 unspecified atom stereocenters. The molecule has 0 saturated carbocycles. The number of rotatable bonds is 2. The van der Waals surface area contributed by atoms with E-state index in [0.717, 1.165) is 59.7 Å². The first kappa shape index (κ1) is 18.1. The largest absolute Gasteiger partial charge is 0.369 e. The summed E-state index contributed by atoms with van der Waals surface area (Å²) in [6, 6.07) is 12.4. The molecule has 0 aromatic heterocycles. The lowest BCUT2D eigenvalue weighted by Crippen LogP contribution is -2.44. The van der Waals surface area contributed by atoms with Crippen LogP contribution in [0.25, 0.3) is 16.7 Å². The molecule has 2 aliphatic heterocycles. The van der Waals surface area contributed by atoms with Crippen LogP contribution in [0.15, 0.2) is 42.0 Å². The minimum Gasteiger partial charge on any atom is -0.369 e. The van der Waals surface area contributed by atoms with Crippen molar-refractivity contribution in [3.63, 3.8) is 0 Å². The maximum atomic E-state index is 12.3. The molecule has 2 aromatic carbocycles. The molecular formula is C22H24ClN3O. The summed E-state index contributed by atoms with van der Waals surface area (Å²) in [5, 5.41) is 3.56. The summed E-state index contributed by atoms with van der Waals surface area (Å²) >= 11 is 6.54. The number of halogens is 1. The third kappa shape index (κ3) is 3.35. The number of nitrogens with zero attached hydrogens (tertiary/aromatic N) is 2. The first-order valence-corrected chi connectivity index (χ1v) is 9.68. The fraction of sp³-hybridized carbons (Fsp3) is 0.318. The van der Waals surface area contributed by atoms with E-state index in [9.17, 15) is 4.79 Å². The van der Waals surface area contributed by atoms with E-state index in [2.05, 4.69) is 46.4 Å². The quantitative estimate of drug-likeness (QED) is 0.778. The Morgan fingerprint density at radius 3 is 2.30 bits per heavy atom. The Labute approximate surface area is 165 Å². The minimum absolute atomic E-state index is 0.0522. The molecule has 2 aliphatic rings. The van der Waals surface area contributed by atoms with Crippen molar-refractivity contribution in [1.82, 2.24) is 4.90 Å². The van der Waals surface area contributed by atoms with Crippen LogP contribution in [0.3, 0.4) is 0 Å². The second-order valence-electron chi connectivity index (χ2n) is 7.54. The van der Waals surface area contributed by atoms with E-state index in [1.807, 2.05) is 26.0 Å². The molecule has 0 aliphatic carbocycles. The molecule has 2 aromatic rings. The molecule has 0 radical (unpaired) electrons. The van der Waals surface area contributed by atoms with Gasteiger partial charge >= 0.3 is 0 Å². The molecule has 1 fully saturated rings. The van der Waals surface area contributed by atoms with Crippen molar-refractivity contribution in [2.24, 2.45) is 0 Å². The highest BCUT2D eigenvalue weighted by Gasteiger charge is 2.26. The number of carbonyl (C=O) groups is 1. The van der Waals surface area contributed by atoms with Gasteiger partial charge in [-0.1, -0.05) is 29.3 Å². The van der Waals surface area contributed by atoms with Crippen LogP contribution in [0, 0.1) is 0 Å². The predicted octanol–water partition coefficient (Wildman–Crippen LogP) is 4.50. The molecule has 1 N–H and O–H groups in total. The fourth-order valence-electron chi connectivity index (χ4n) is 3.82. The van der Waals surface area contributed by atoms with Crippen LogP contribution in [-0.4, -0.2) is 44.0 Å². The molecule has 140 valence electrons. The Morgan fingerprint density at radius 1 is 1.00 bits per heavy atom. The summed E-state index contributed by atoms with van der Waals surface area (Å²) in [5.74, 6) is -0.0522. The average Bonchev–Trinajstić information content (AvgIpc) is 2.96. The van der Waals surface area contributed by atoms with E-state index in [1.54, 1.807) is 0 Å². The summed E-state index contributed by atoms with van der Waals surface area (Å²) in [6.07, 6.45) is 0. The van der Waals surface area contributed by atoms with Gasteiger partial charge in [-0.15, -0.1) is 0 Å². The lowest BCUT2D eigenvalue weighted by Gasteiger charge is -2.34. The lowest BCUT2D eigenvalue weighted by atomic mass is 9.97. The number of likely N-dealkylation sites (N-methyl/N-ethyl adjacent to an activating group) is 1. The summed E-state index contributed by atoms with van der Waals surface area (Å²) in [5.41, 5.74) is 6.73. The van der Waals surface area contributed by atoms with E-state index in [1.165, 1.54) is 5.69 Å². The van der Waals surface area contributed by atoms with Crippen molar-refractivity contribution >= 4 is 34.5 Å². The van der Waals surface area contributed by atoms with Gasteiger partial charge in [0, 0.05) is 48.6 Å². The topological polar surface area (TPSA) is 35.6 Å². The zero-order valence-electron chi connectivity index (χ0n) is 16.0. The van der Waals surface area contributed by atoms with Crippen molar-refractivity contribution in [2.45, 2.75) is 13.8 Å². The fourth-order valence-corrected chi connectivity index (χ4v) is 4.10. The van der Waals surface area contributed by atoms with E-state index in [0.29, 0.717) is 5.02 Å². The van der Waals surface area contributed by atoms with E-state index in [4.69, 9.17) is 11.6 Å². The van der Waals surface area contributed by atoms with Gasteiger partial charge in [-0.2, -0.15) is 0 Å². The summed E-state index contributed by atoms with van der Waals surface area (Å²) in [6.45, 7) is 8.20. The Morgan fingerprint density at radius 2 is 1.67 bits per heavy atom. The first-order valence-electron chi connectivity index (χ1n) is 9.30. The van der Waals surface area contributed by atoms with Crippen molar-refractivity contribution in [2.75, 3.05) is 43.4 Å². The third-order valence-corrected chi connectivity index (χ3v) is 5.71. The van der Waals surface area contributed by atoms with Crippen LogP contribution in [0.4, 0.5) is 11.4 Å². The van der Waals surface area contributed by atoms with Crippen LogP contribution < -0.4 is 10.2 Å². The zero-order chi connectivity index (χ0) is 19.1. The van der Waals surface area contributed by atoms with Gasteiger partial charge in [0.05, 0.1) is 10.7 Å². The predicted molar refractivity (Wildman–Crippen MR) is 113 cm³/mol. The number of allylic oxidation sites excluding steroid dienone is 1. The Bertz CT molecular complexity index is 921. The van der Waals surface area contributed by atoms with Crippen molar-refractivity contribution in [1.29, 1.82) is 0 Å². The molecule has 0 spiro atoms. The average molecular weight is 382 g/mol. The SMILES string of the molecule is CC(C)=C1C(=O)Nc2cc(Cl)c(-c3ccc(N4CCN(C)CC4)cc3)cc21. The molecule has 1 saturated heterocycles. The molecule has 5 heteroatoms. The van der Waals surface area contributed by atoms with E-state index in [-0.39, 0.29) is 5.91 Å². The maximum absolute atomic E-state index is 12.3. The van der Waals surface area contributed by atoms with Crippen LogP contribution in [0.5, 0.6) is 0 Å². The number of amides is 1. The van der Waals surface area contributed by atoms with Crippen molar-refractivity contribution in [3.05, 3.63) is 52.6 Å². The van der Waals surface area contributed by atoms with Gasteiger partial charge in [0.2, 0.25) is 0 Å². The number of hydrogen-bond acceptors (Lipinski definition) is 3. The number of benzene rings is 2. The first-order chi connectivity index (χ1) is 12.9. The smallest absolute Gasteiger partial charge is 0.256 e. The zero-order valence-corrected chi connectivity index (χ0v) is 16.7. The Kier molecular flexibility index (Phi) is 4.70. The number of carbonyl (C=O) groups excluding carboxylic acids is 1. The molecule has 0 atom stereocenters. The van der Waals surface area contributed by atoms with Gasteiger partial charge in [0.25, 0.3) is 5.91 Å². The monoisotopic (exact) mass is 381 g/mol. The number of piperazine rings is 1.